The van der Waals surface area contributed by atoms with E-state index in [2.05, 4.69) is 20.7 Å². The number of hydrogen-bond acceptors (Lipinski definition) is 4. The van der Waals surface area contributed by atoms with Crippen LogP contribution in [0.25, 0.3) is 0 Å². The third-order valence-corrected chi connectivity index (χ3v) is 3.74. The third-order valence-electron chi connectivity index (χ3n) is 3.74. The average molecular weight is 314 g/mol. The fourth-order valence-electron chi connectivity index (χ4n) is 2.28. The van der Waals surface area contributed by atoms with E-state index in [1.807, 2.05) is 45.0 Å². The molecule has 0 saturated carbocycles. The van der Waals surface area contributed by atoms with Crippen molar-refractivity contribution in [2.45, 2.75) is 33.6 Å². The number of methoxy groups -OCH3 is 1. The van der Waals surface area contributed by atoms with Gasteiger partial charge in [-0.1, -0.05) is 0 Å². The van der Waals surface area contributed by atoms with E-state index in [4.69, 9.17) is 4.74 Å². The molecule has 23 heavy (non-hydrogen) atoms. The van der Waals surface area contributed by atoms with Crippen LogP contribution in [0.15, 0.2) is 29.4 Å². The van der Waals surface area contributed by atoms with Gasteiger partial charge in [-0.25, -0.2) is 5.43 Å². The summed E-state index contributed by atoms with van der Waals surface area (Å²) >= 11 is 0. The lowest BCUT2D eigenvalue weighted by Gasteiger charge is -2.05. The van der Waals surface area contributed by atoms with Crippen molar-refractivity contribution < 1.29 is 9.53 Å². The van der Waals surface area contributed by atoms with Crippen LogP contribution in [0.2, 0.25) is 0 Å². The van der Waals surface area contributed by atoms with Crippen LogP contribution in [0.4, 0.5) is 0 Å². The SMILES string of the molecule is COc1ccc(C(C)=NNC(=O)CCc2c(C)n[nH]c2C)cc1. The molecule has 6 heteroatoms. The largest absolute Gasteiger partial charge is 0.497 e. The Morgan fingerprint density at radius 1 is 1.30 bits per heavy atom. The van der Waals surface area contributed by atoms with Crippen LogP contribution in [0.3, 0.4) is 0 Å². The minimum absolute atomic E-state index is 0.113. The molecular weight excluding hydrogens is 292 g/mol. The zero-order valence-corrected chi connectivity index (χ0v) is 13.9. The number of carbonyl (C=O) groups excluding carboxylic acids is 1. The summed E-state index contributed by atoms with van der Waals surface area (Å²) in [6.45, 7) is 5.74. The Bertz CT molecular complexity index is 682. The fraction of sp³-hybridized carbons (Fsp3) is 0.353. The molecule has 0 fully saturated rings. The molecule has 0 saturated heterocycles. The number of aryl methyl sites for hydroxylation is 2. The molecule has 0 bridgehead atoms. The lowest BCUT2D eigenvalue weighted by Crippen LogP contribution is -2.19. The molecule has 1 aromatic heterocycles. The number of nitrogens with one attached hydrogen (secondary N) is 2. The van der Waals surface area contributed by atoms with Crippen LogP contribution in [-0.2, 0) is 11.2 Å². The van der Waals surface area contributed by atoms with Gasteiger partial charge in [0.1, 0.15) is 5.75 Å². The molecule has 0 unspecified atom stereocenters. The number of nitrogens with zero attached hydrogens (tertiary/aromatic N) is 2. The number of rotatable bonds is 6. The van der Waals surface area contributed by atoms with E-state index < -0.39 is 0 Å². The topological polar surface area (TPSA) is 79.4 Å². The van der Waals surface area contributed by atoms with Crippen LogP contribution < -0.4 is 10.2 Å². The van der Waals surface area contributed by atoms with Crippen molar-refractivity contribution in [1.29, 1.82) is 0 Å². The minimum Gasteiger partial charge on any atom is -0.497 e. The minimum atomic E-state index is -0.113. The standard InChI is InChI=1S/C17H22N4O2/c1-11(14-5-7-15(23-4)8-6-14)18-21-17(22)10-9-16-12(2)19-20-13(16)3/h5-8H,9-10H2,1-4H3,(H,19,20)(H,21,22). The molecule has 2 aromatic rings. The van der Waals surface area contributed by atoms with E-state index in [-0.39, 0.29) is 5.91 Å². The quantitative estimate of drug-likeness (QED) is 0.635. The van der Waals surface area contributed by atoms with Crippen molar-refractivity contribution >= 4 is 11.6 Å². The van der Waals surface area contributed by atoms with Crippen LogP contribution in [-0.4, -0.2) is 28.9 Å². The van der Waals surface area contributed by atoms with Crippen molar-refractivity contribution in [3.63, 3.8) is 0 Å². The van der Waals surface area contributed by atoms with Gasteiger partial charge >= 0.3 is 0 Å². The molecule has 1 aromatic carbocycles. The highest BCUT2D eigenvalue weighted by Crippen LogP contribution is 2.13. The molecule has 1 amide bonds. The summed E-state index contributed by atoms with van der Waals surface area (Å²) in [7, 11) is 1.62. The Hall–Kier alpha value is -2.63. The Morgan fingerprint density at radius 2 is 2.00 bits per heavy atom. The van der Waals surface area contributed by atoms with Gasteiger partial charge in [-0.15, -0.1) is 0 Å². The number of benzene rings is 1. The van der Waals surface area contributed by atoms with Gasteiger partial charge in [0, 0.05) is 12.1 Å². The molecular formula is C17H22N4O2. The predicted octanol–water partition coefficient (Wildman–Crippen LogP) is 2.51. The highest BCUT2D eigenvalue weighted by molar-refractivity contribution is 5.99. The second-order valence-electron chi connectivity index (χ2n) is 5.37. The van der Waals surface area contributed by atoms with Crippen molar-refractivity contribution in [1.82, 2.24) is 15.6 Å². The van der Waals surface area contributed by atoms with Crippen molar-refractivity contribution in [3.05, 3.63) is 46.8 Å². The van der Waals surface area contributed by atoms with Gasteiger partial charge in [0.2, 0.25) is 5.91 Å². The summed E-state index contributed by atoms with van der Waals surface area (Å²) in [5, 5.41) is 11.2. The number of aromatic nitrogens is 2. The normalized spacial score (nSPS) is 11.4. The van der Waals surface area contributed by atoms with Gasteiger partial charge < -0.3 is 4.74 Å². The second kappa shape index (κ2) is 7.58. The van der Waals surface area contributed by atoms with E-state index in [1.54, 1.807) is 7.11 Å². The van der Waals surface area contributed by atoms with Crippen molar-refractivity contribution in [3.8, 4) is 5.75 Å². The summed E-state index contributed by atoms with van der Waals surface area (Å²) in [6, 6.07) is 7.53. The maximum absolute atomic E-state index is 11.9. The number of aromatic amines is 1. The number of carbonyl (C=O) groups is 1. The molecule has 0 aliphatic heterocycles. The van der Waals surface area contributed by atoms with Gasteiger partial charge in [0.15, 0.2) is 0 Å². The Labute approximate surface area is 135 Å². The number of amides is 1. The lowest BCUT2D eigenvalue weighted by atomic mass is 10.1. The summed E-state index contributed by atoms with van der Waals surface area (Å²) < 4.78 is 5.12. The summed E-state index contributed by atoms with van der Waals surface area (Å²) in [4.78, 5) is 11.9. The third kappa shape index (κ3) is 4.42. The van der Waals surface area contributed by atoms with Crippen molar-refractivity contribution in [2.75, 3.05) is 7.11 Å². The van der Waals surface area contributed by atoms with Crippen LogP contribution >= 0.6 is 0 Å². The molecule has 0 radical (unpaired) electrons. The van der Waals surface area contributed by atoms with Gasteiger partial charge in [0.05, 0.1) is 18.5 Å². The number of ether oxygens (including phenoxy) is 1. The molecule has 2 rings (SSSR count). The monoisotopic (exact) mass is 314 g/mol. The van der Waals surface area contributed by atoms with Crippen molar-refractivity contribution in [2.24, 2.45) is 5.10 Å². The van der Waals surface area contributed by atoms with E-state index in [0.717, 1.165) is 34.0 Å². The summed E-state index contributed by atoms with van der Waals surface area (Å²) in [5.74, 6) is 0.675. The number of hydrogen-bond donors (Lipinski definition) is 2. The maximum Gasteiger partial charge on any atom is 0.240 e. The van der Waals surface area contributed by atoms with Crippen LogP contribution in [0.5, 0.6) is 5.75 Å². The molecule has 6 nitrogen and oxygen atoms in total. The maximum atomic E-state index is 11.9. The zero-order valence-electron chi connectivity index (χ0n) is 13.9. The van der Waals surface area contributed by atoms with Gasteiger partial charge in [0.25, 0.3) is 0 Å². The Kier molecular flexibility index (Phi) is 5.51. The zero-order chi connectivity index (χ0) is 16.8. The van der Waals surface area contributed by atoms with E-state index in [9.17, 15) is 4.79 Å². The van der Waals surface area contributed by atoms with Gasteiger partial charge in [-0.05, 0) is 62.6 Å². The Morgan fingerprint density at radius 3 is 2.57 bits per heavy atom. The van der Waals surface area contributed by atoms with Crippen LogP contribution in [0.1, 0.15) is 35.9 Å². The average Bonchev–Trinajstić information content (AvgIpc) is 2.89. The first kappa shape index (κ1) is 16.7. The smallest absolute Gasteiger partial charge is 0.240 e. The highest BCUT2D eigenvalue weighted by Gasteiger charge is 2.09. The number of hydrazone groups is 1. The first-order valence-corrected chi connectivity index (χ1v) is 7.49. The molecule has 0 spiro atoms. The summed E-state index contributed by atoms with van der Waals surface area (Å²) in [6.07, 6.45) is 1.03. The van der Waals surface area contributed by atoms with E-state index in [0.29, 0.717) is 12.8 Å². The lowest BCUT2D eigenvalue weighted by molar-refractivity contribution is -0.121. The summed E-state index contributed by atoms with van der Waals surface area (Å²) in [5.41, 5.74) is 7.32. The second-order valence-corrected chi connectivity index (χ2v) is 5.37. The van der Waals surface area contributed by atoms with Gasteiger partial charge in [-0.2, -0.15) is 10.2 Å². The first-order chi connectivity index (χ1) is 11.0. The van der Waals surface area contributed by atoms with E-state index >= 15 is 0 Å². The van der Waals surface area contributed by atoms with E-state index in [1.165, 1.54) is 0 Å². The fourth-order valence-corrected chi connectivity index (χ4v) is 2.28. The molecule has 0 aliphatic rings. The molecule has 2 N–H and O–H groups in total. The molecule has 0 atom stereocenters. The first-order valence-electron chi connectivity index (χ1n) is 7.49. The Balaban J connectivity index is 1.89. The molecule has 0 aliphatic carbocycles. The molecule has 122 valence electrons. The predicted molar refractivity (Wildman–Crippen MR) is 89.7 cm³/mol. The van der Waals surface area contributed by atoms with Crippen LogP contribution in [0, 0.1) is 13.8 Å². The molecule has 1 heterocycles. The van der Waals surface area contributed by atoms with Gasteiger partial charge in [-0.3, -0.25) is 9.89 Å². The highest BCUT2D eigenvalue weighted by atomic mass is 16.5. The number of H-pyrrole nitrogens is 1.